The van der Waals surface area contributed by atoms with Crippen molar-refractivity contribution in [2.75, 3.05) is 13.2 Å². The van der Waals surface area contributed by atoms with E-state index in [-0.39, 0.29) is 0 Å². The van der Waals surface area contributed by atoms with E-state index in [0.717, 1.165) is 19.1 Å². The van der Waals surface area contributed by atoms with Crippen LogP contribution in [-0.4, -0.2) is 13.2 Å². The highest BCUT2D eigenvalue weighted by atomic mass is 16.5. The van der Waals surface area contributed by atoms with Crippen LogP contribution in [0.4, 0.5) is 0 Å². The van der Waals surface area contributed by atoms with Gasteiger partial charge >= 0.3 is 0 Å². The van der Waals surface area contributed by atoms with Crippen molar-refractivity contribution in [1.29, 1.82) is 0 Å². The van der Waals surface area contributed by atoms with Gasteiger partial charge in [-0.3, -0.25) is 0 Å². The Kier molecular flexibility index (Phi) is 3.58. The predicted octanol–water partition coefficient (Wildman–Crippen LogP) is 3.36. The van der Waals surface area contributed by atoms with Crippen molar-refractivity contribution >= 4 is 0 Å². The lowest BCUT2D eigenvalue weighted by molar-refractivity contribution is 0.111. The average Bonchev–Trinajstić information content (AvgIpc) is 2.18. The summed E-state index contributed by atoms with van der Waals surface area (Å²) in [7, 11) is 0. The van der Waals surface area contributed by atoms with Gasteiger partial charge in [0.25, 0.3) is 0 Å². The molecule has 1 heteroatoms. The first-order valence-corrected chi connectivity index (χ1v) is 5.59. The molecule has 1 unspecified atom stereocenters. The van der Waals surface area contributed by atoms with Crippen LogP contribution in [0.15, 0.2) is 30.3 Å². The molecule has 0 saturated carbocycles. The van der Waals surface area contributed by atoms with Gasteiger partial charge in [0, 0.05) is 13.2 Å². The standard InChI is InChI=1S/C13H18O/c1-2-6-12(7-3-1)13-8-4-5-10-14-11-9-13/h1-3,6-7,13H,4-5,8-11H2. The largest absolute Gasteiger partial charge is 0.381 e. The number of ether oxygens (including phenoxy) is 1. The Balaban J connectivity index is 2.01. The normalized spacial score (nSPS) is 23.9. The fourth-order valence-electron chi connectivity index (χ4n) is 2.13. The number of hydrogen-bond acceptors (Lipinski definition) is 1. The molecule has 0 bridgehead atoms. The zero-order chi connectivity index (χ0) is 9.64. The summed E-state index contributed by atoms with van der Waals surface area (Å²) in [6, 6.07) is 10.8. The molecule has 0 N–H and O–H groups in total. The summed E-state index contributed by atoms with van der Waals surface area (Å²) in [4.78, 5) is 0. The van der Waals surface area contributed by atoms with Gasteiger partial charge in [0.15, 0.2) is 0 Å². The van der Waals surface area contributed by atoms with Crippen LogP contribution >= 0.6 is 0 Å². The zero-order valence-electron chi connectivity index (χ0n) is 8.61. The van der Waals surface area contributed by atoms with Gasteiger partial charge in [0.1, 0.15) is 0 Å². The van der Waals surface area contributed by atoms with E-state index in [1.54, 1.807) is 0 Å². The first kappa shape index (κ1) is 9.72. The fourth-order valence-corrected chi connectivity index (χ4v) is 2.13. The Morgan fingerprint density at radius 3 is 2.64 bits per heavy atom. The molecule has 1 aromatic rings. The lowest BCUT2D eigenvalue weighted by Crippen LogP contribution is -2.09. The van der Waals surface area contributed by atoms with E-state index in [1.165, 1.54) is 31.2 Å². The summed E-state index contributed by atoms with van der Waals surface area (Å²) in [6.45, 7) is 1.89. The summed E-state index contributed by atoms with van der Waals surface area (Å²) >= 11 is 0. The highest BCUT2D eigenvalue weighted by Crippen LogP contribution is 2.26. The minimum absolute atomic E-state index is 0.719. The third kappa shape index (κ3) is 2.58. The van der Waals surface area contributed by atoms with Crippen LogP contribution in [0.25, 0.3) is 0 Å². The number of rotatable bonds is 1. The van der Waals surface area contributed by atoms with Gasteiger partial charge < -0.3 is 4.74 Å². The van der Waals surface area contributed by atoms with Crippen molar-refractivity contribution in [3.63, 3.8) is 0 Å². The Labute approximate surface area is 86.1 Å². The van der Waals surface area contributed by atoms with Crippen LogP contribution in [0.1, 0.15) is 37.2 Å². The van der Waals surface area contributed by atoms with Crippen molar-refractivity contribution in [2.24, 2.45) is 0 Å². The van der Waals surface area contributed by atoms with E-state index in [1.807, 2.05) is 0 Å². The zero-order valence-corrected chi connectivity index (χ0v) is 8.61. The van der Waals surface area contributed by atoms with Crippen LogP contribution in [0.3, 0.4) is 0 Å². The van der Waals surface area contributed by atoms with Gasteiger partial charge in [-0.15, -0.1) is 0 Å². The molecule has 0 aliphatic carbocycles. The first-order chi connectivity index (χ1) is 6.97. The van der Waals surface area contributed by atoms with Crippen molar-refractivity contribution < 1.29 is 4.74 Å². The van der Waals surface area contributed by atoms with Crippen LogP contribution in [-0.2, 0) is 4.74 Å². The summed E-state index contributed by atoms with van der Waals surface area (Å²) in [5.41, 5.74) is 1.48. The molecule has 0 radical (unpaired) electrons. The average molecular weight is 190 g/mol. The number of benzene rings is 1. The number of hydrogen-bond donors (Lipinski definition) is 0. The lowest BCUT2D eigenvalue weighted by atomic mass is 9.90. The van der Waals surface area contributed by atoms with Gasteiger partial charge in [-0.25, -0.2) is 0 Å². The summed E-state index contributed by atoms with van der Waals surface area (Å²) in [5.74, 6) is 0.719. The van der Waals surface area contributed by atoms with Crippen LogP contribution in [0.5, 0.6) is 0 Å². The molecule has 0 aromatic heterocycles. The molecule has 1 saturated heterocycles. The third-order valence-electron chi connectivity index (χ3n) is 2.97. The van der Waals surface area contributed by atoms with Crippen LogP contribution < -0.4 is 0 Å². The Hall–Kier alpha value is -0.820. The van der Waals surface area contributed by atoms with Gasteiger partial charge in [-0.1, -0.05) is 36.8 Å². The molecule has 14 heavy (non-hydrogen) atoms. The Bertz CT molecular complexity index is 247. The van der Waals surface area contributed by atoms with Crippen molar-refractivity contribution in [1.82, 2.24) is 0 Å². The van der Waals surface area contributed by atoms with Gasteiger partial charge in [-0.2, -0.15) is 0 Å². The smallest absolute Gasteiger partial charge is 0.0471 e. The Morgan fingerprint density at radius 2 is 1.79 bits per heavy atom. The maximum Gasteiger partial charge on any atom is 0.0471 e. The quantitative estimate of drug-likeness (QED) is 0.659. The molecule has 2 rings (SSSR count). The molecule has 1 fully saturated rings. The summed E-state index contributed by atoms with van der Waals surface area (Å²) < 4.78 is 5.53. The third-order valence-corrected chi connectivity index (χ3v) is 2.97. The van der Waals surface area contributed by atoms with Gasteiger partial charge in [0.2, 0.25) is 0 Å². The minimum Gasteiger partial charge on any atom is -0.381 e. The van der Waals surface area contributed by atoms with Gasteiger partial charge in [-0.05, 0) is 30.7 Å². The second-order valence-corrected chi connectivity index (χ2v) is 4.00. The Morgan fingerprint density at radius 1 is 0.929 bits per heavy atom. The maximum atomic E-state index is 5.53. The summed E-state index contributed by atoms with van der Waals surface area (Å²) in [6.07, 6.45) is 5.04. The molecule has 0 amide bonds. The molecular formula is C13H18O. The molecular weight excluding hydrogens is 172 g/mol. The van der Waals surface area contributed by atoms with E-state index < -0.39 is 0 Å². The summed E-state index contributed by atoms with van der Waals surface area (Å²) in [5, 5.41) is 0. The molecule has 1 aliphatic heterocycles. The minimum atomic E-state index is 0.719. The second kappa shape index (κ2) is 5.16. The van der Waals surface area contributed by atoms with E-state index in [4.69, 9.17) is 4.74 Å². The van der Waals surface area contributed by atoms with E-state index in [0.29, 0.717) is 0 Å². The predicted molar refractivity (Wildman–Crippen MR) is 58.5 cm³/mol. The monoisotopic (exact) mass is 190 g/mol. The molecule has 1 nitrogen and oxygen atoms in total. The SMILES string of the molecule is c1ccc(C2CCCCOCC2)cc1. The molecule has 1 heterocycles. The van der Waals surface area contributed by atoms with Crippen molar-refractivity contribution in [3.8, 4) is 0 Å². The van der Waals surface area contributed by atoms with Crippen molar-refractivity contribution in [2.45, 2.75) is 31.6 Å². The van der Waals surface area contributed by atoms with E-state index in [2.05, 4.69) is 30.3 Å². The molecule has 1 aliphatic rings. The molecule has 0 spiro atoms. The topological polar surface area (TPSA) is 9.23 Å². The fraction of sp³-hybridized carbons (Fsp3) is 0.538. The first-order valence-electron chi connectivity index (χ1n) is 5.59. The van der Waals surface area contributed by atoms with Crippen LogP contribution in [0, 0.1) is 0 Å². The van der Waals surface area contributed by atoms with E-state index >= 15 is 0 Å². The molecule has 1 aromatic carbocycles. The highest BCUT2D eigenvalue weighted by molar-refractivity contribution is 5.19. The maximum absolute atomic E-state index is 5.53. The molecule has 76 valence electrons. The van der Waals surface area contributed by atoms with Crippen molar-refractivity contribution in [3.05, 3.63) is 35.9 Å². The van der Waals surface area contributed by atoms with Crippen LogP contribution in [0.2, 0.25) is 0 Å². The highest BCUT2D eigenvalue weighted by Gasteiger charge is 2.12. The second-order valence-electron chi connectivity index (χ2n) is 4.00. The van der Waals surface area contributed by atoms with Gasteiger partial charge in [0.05, 0.1) is 0 Å². The lowest BCUT2D eigenvalue weighted by Gasteiger charge is -2.20. The van der Waals surface area contributed by atoms with E-state index in [9.17, 15) is 0 Å². The molecule has 1 atom stereocenters.